The summed E-state index contributed by atoms with van der Waals surface area (Å²) in [4.78, 5) is 30.8. The maximum absolute atomic E-state index is 14.0. The number of carbonyl (C=O) groups is 2. The van der Waals surface area contributed by atoms with Gasteiger partial charge in [0.1, 0.15) is 17.2 Å². The van der Waals surface area contributed by atoms with Gasteiger partial charge in [0.25, 0.3) is 5.91 Å². The number of anilines is 3. The summed E-state index contributed by atoms with van der Waals surface area (Å²) in [5.41, 5.74) is 5.33. The number of hydrogen-bond acceptors (Lipinski definition) is 7. The van der Waals surface area contributed by atoms with Gasteiger partial charge in [0, 0.05) is 42.8 Å². The topological polar surface area (TPSA) is 128 Å². The molecule has 2 aromatic carbocycles. The molecule has 4 N–H and O–H groups in total. The number of fused-ring (bicyclic) bond motifs is 1. The van der Waals surface area contributed by atoms with E-state index in [-0.39, 0.29) is 17.1 Å². The molecule has 0 radical (unpaired) electrons. The molecule has 3 amide bonds. The number of amides is 3. The highest BCUT2D eigenvalue weighted by Gasteiger charge is 2.54. The van der Waals surface area contributed by atoms with Crippen LogP contribution in [0.4, 0.5) is 39.4 Å². The number of nitrogens with two attached hydrogens (primary N) is 1. The lowest BCUT2D eigenvalue weighted by Crippen LogP contribution is -2.41. The van der Waals surface area contributed by atoms with Gasteiger partial charge in [-0.15, -0.1) is 8.78 Å². The van der Waals surface area contributed by atoms with Gasteiger partial charge in [-0.2, -0.15) is 8.78 Å². The van der Waals surface area contributed by atoms with Crippen LogP contribution in [-0.2, 0) is 10.8 Å². The van der Waals surface area contributed by atoms with Crippen molar-refractivity contribution in [1.82, 2.24) is 4.98 Å². The Morgan fingerprint density at radius 3 is 2.42 bits per heavy atom. The van der Waals surface area contributed by atoms with Gasteiger partial charge in [0.05, 0.1) is 5.56 Å². The first-order valence-corrected chi connectivity index (χ1v) is 12.2. The molecule has 3 heterocycles. The zero-order valence-corrected chi connectivity index (χ0v) is 20.8. The van der Waals surface area contributed by atoms with Crippen LogP contribution in [0.2, 0.25) is 0 Å². The normalized spacial score (nSPS) is 17.2. The van der Waals surface area contributed by atoms with E-state index in [1.807, 2.05) is 4.90 Å². The number of benzene rings is 2. The molecular weight excluding hydrogens is 538 g/mol. The van der Waals surface area contributed by atoms with Crippen molar-refractivity contribution < 1.29 is 41.4 Å². The fourth-order valence-electron chi connectivity index (χ4n) is 4.46. The first-order chi connectivity index (χ1) is 19.0. The highest BCUT2D eigenvalue weighted by Crippen LogP contribution is 2.47. The smallest absolute Gasteiger partial charge is 0.455 e. The van der Waals surface area contributed by atoms with Crippen molar-refractivity contribution in [2.75, 3.05) is 28.6 Å². The Morgan fingerprint density at radius 1 is 0.975 bits per heavy atom. The quantitative estimate of drug-likeness (QED) is 0.334. The summed E-state index contributed by atoms with van der Waals surface area (Å²) >= 11 is 0. The molecule has 0 spiro atoms. The molecular formula is C26H23F4N5O5. The van der Waals surface area contributed by atoms with Gasteiger partial charge in [-0.05, 0) is 49.6 Å². The fraction of sp³-hybridized carbons (Fsp3) is 0.269. The fourth-order valence-corrected chi connectivity index (χ4v) is 4.46. The number of halogens is 4. The summed E-state index contributed by atoms with van der Waals surface area (Å²) in [6, 6.07) is 9.88. The third kappa shape index (κ3) is 5.86. The lowest BCUT2D eigenvalue weighted by molar-refractivity contribution is -0.461. The largest absolute Gasteiger partial charge is 0.540 e. The molecule has 0 atom stereocenters. The standard InChI is InChI=1S/C26H23F4N5O5/c27-25(28)18-14-16(7-8-19(18)39-26(29,30)40-25)34-24(37)33-15-5-4-6-17(13-15)38-20-9-10-32-21(23(31)36)22(20)35-11-2-1-3-12-35/h4-10,13-14H,1-3,11-12H2,(H2,31,36)(H2,33,34,37). The third-order valence-corrected chi connectivity index (χ3v) is 6.14. The summed E-state index contributed by atoms with van der Waals surface area (Å²) in [7, 11) is 0. The van der Waals surface area contributed by atoms with E-state index in [0.717, 1.165) is 37.5 Å². The van der Waals surface area contributed by atoms with Crippen LogP contribution in [0.1, 0.15) is 35.3 Å². The maximum atomic E-state index is 14.0. The number of nitrogens with one attached hydrogen (secondary N) is 2. The van der Waals surface area contributed by atoms with Gasteiger partial charge in [-0.3, -0.25) is 4.79 Å². The number of nitrogens with zero attached hydrogens (tertiary/aromatic N) is 2. The van der Waals surface area contributed by atoms with E-state index >= 15 is 0 Å². The minimum absolute atomic E-state index is 0.0863. The van der Waals surface area contributed by atoms with Crippen LogP contribution in [0.15, 0.2) is 54.7 Å². The van der Waals surface area contributed by atoms with Gasteiger partial charge in [-0.1, -0.05) is 6.07 Å². The molecule has 2 aliphatic rings. The van der Waals surface area contributed by atoms with E-state index < -0.39 is 35.7 Å². The molecule has 0 saturated carbocycles. The van der Waals surface area contributed by atoms with Crippen molar-refractivity contribution in [3.8, 4) is 17.2 Å². The van der Waals surface area contributed by atoms with Gasteiger partial charge in [0.2, 0.25) is 0 Å². The van der Waals surface area contributed by atoms with Gasteiger partial charge in [0.15, 0.2) is 11.4 Å². The Bertz CT molecular complexity index is 1450. The van der Waals surface area contributed by atoms with Crippen LogP contribution in [0.3, 0.4) is 0 Å². The second-order valence-electron chi connectivity index (χ2n) is 9.02. The minimum atomic E-state index is -4.50. The summed E-state index contributed by atoms with van der Waals surface area (Å²) < 4.78 is 68.1. The van der Waals surface area contributed by atoms with Crippen LogP contribution in [0.5, 0.6) is 17.2 Å². The van der Waals surface area contributed by atoms with Crippen LogP contribution >= 0.6 is 0 Å². The van der Waals surface area contributed by atoms with Crippen molar-refractivity contribution >= 4 is 29.0 Å². The van der Waals surface area contributed by atoms with Crippen molar-refractivity contribution in [1.29, 1.82) is 0 Å². The number of pyridine rings is 1. The summed E-state index contributed by atoms with van der Waals surface area (Å²) in [6.45, 7) is 1.42. The Labute approximate surface area is 225 Å². The van der Waals surface area contributed by atoms with E-state index in [1.54, 1.807) is 24.3 Å². The van der Waals surface area contributed by atoms with E-state index in [2.05, 4.69) is 25.1 Å². The molecule has 1 aromatic heterocycles. The number of ether oxygens (including phenoxy) is 3. The van der Waals surface area contributed by atoms with Crippen LogP contribution in [-0.4, -0.2) is 36.3 Å². The first kappa shape index (κ1) is 27.0. The summed E-state index contributed by atoms with van der Waals surface area (Å²) in [5.74, 6) is -0.792. The Balaban J connectivity index is 1.31. The van der Waals surface area contributed by atoms with Crippen LogP contribution in [0.25, 0.3) is 0 Å². The number of primary amides is 1. The molecule has 2 aliphatic heterocycles. The number of carbonyl (C=O) groups excluding carboxylic acids is 2. The van der Waals surface area contributed by atoms with Crippen molar-refractivity contribution in [2.45, 2.75) is 31.7 Å². The van der Waals surface area contributed by atoms with E-state index in [4.69, 9.17) is 10.5 Å². The number of urea groups is 1. The molecule has 40 heavy (non-hydrogen) atoms. The van der Waals surface area contributed by atoms with Crippen molar-refractivity contribution in [2.24, 2.45) is 5.73 Å². The maximum Gasteiger partial charge on any atom is 0.540 e. The average molecular weight is 561 g/mol. The predicted octanol–water partition coefficient (Wildman–Crippen LogP) is 5.62. The SMILES string of the molecule is NC(=O)c1nccc(Oc2cccc(NC(=O)Nc3ccc4c(c3)C(F)(F)OC(F)(F)O4)c2)c1N1CCCCC1. The highest BCUT2D eigenvalue weighted by molar-refractivity contribution is 6.00. The van der Waals surface area contributed by atoms with E-state index in [0.29, 0.717) is 30.3 Å². The number of piperidine rings is 1. The number of aromatic nitrogens is 1. The average Bonchev–Trinajstić information content (AvgIpc) is 2.88. The van der Waals surface area contributed by atoms with Gasteiger partial charge in [-0.25, -0.2) is 14.5 Å². The lowest BCUT2D eigenvalue weighted by Gasteiger charge is -2.31. The van der Waals surface area contributed by atoms with Gasteiger partial charge >= 0.3 is 18.4 Å². The van der Waals surface area contributed by atoms with Gasteiger partial charge < -0.3 is 30.7 Å². The molecule has 0 bridgehead atoms. The lowest BCUT2D eigenvalue weighted by atomic mass is 10.1. The number of rotatable bonds is 6. The molecule has 14 heteroatoms. The molecule has 10 nitrogen and oxygen atoms in total. The van der Waals surface area contributed by atoms with Crippen molar-refractivity contribution in [3.63, 3.8) is 0 Å². The summed E-state index contributed by atoms with van der Waals surface area (Å²) in [5, 5.41) is 4.89. The van der Waals surface area contributed by atoms with E-state index in [9.17, 15) is 27.2 Å². The monoisotopic (exact) mass is 561 g/mol. The molecule has 5 rings (SSSR count). The Kier molecular flexibility index (Phi) is 7.10. The van der Waals surface area contributed by atoms with Crippen LogP contribution in [0, 0.1) is 0 Å². The Morgan fingerprint density at radius 2 is 1.70 bits per heavy atom. The molecule has 0 unspecified atom stereocenters. The molecule has 3 aromatic rings. The predicted molar refractivity (Wildman–Crippen MR) is 135 cm³/mol. The summed E-state index contributed by atoms with van der Waals surface area (Å²) in [6.07, 6.45) is -4.48. The highest BCUT2D eigenvalue weighted by atomic mass is 19.3. The molecule has 210 valence electrons. The second-order valence-corrected chi connectivity index (χ2v) is 9.02. The number of alkyl halides is 4. The van der Waals surface area contributed by atoms with Crippen LogP contribution < -0.4 is 30.7 Å². The third-order valence-electron chi connectivity index (χ3n) is 6.14. The second kappa shape index (κ2) is 10.5. The zero-order chi connectivity index (χ0) is 28.5. The molecule has 1 saturated heterocycles. The Hall–Kier alpha value is -4.59. The molecule has 0 aliphatic carbocycles. The number of hydrogen-bond donors (Lipinski definition) is 3. The van der Waals surface area contributed by atoms with Crippen molar-refractivity contribution in [3.05, 3.63) is 66.0 Å². The molecule has 1 fully saturated rings. The minimum Gasteiger partial charge on any atom is -0.455 e. The zero-order valence-electron chi connectivity index (χ0n) is 20.8. The first-order valence-electron chi connectivity index (χ1n) is 12.2. The van der Waals surface area contributed by atoms with E-state index in [1.165, 1.54) is 12.3 Å².